The second kappa shape index (κ2) is 7.75. The summed E-state index contributed by atoms with van der Waals surface area (Å²) in [5.74, 6) is 2.20. The quantitative estimate of drug-likeness (QED) is 0.820. The zero-order valence-corrected chi connectivity index (χ0v) is 14.0. The van der Waals surface area contributed by atoms with Gasteiger partial charge in [-0.3, -0.25) is 0 Å². The molecule has 0 bridgehead atoms. The Kier molecular flexibility index (Phi) is 6.66. The van der Waals surface area contributed by atoms with E-state index in [0.717, 1.165) is 22.5 Å². The van der Waals surface area contributed by atoms with Crippen LogP contribution in [-0.4, -0.2) is 20.3 Å². The van der Waals surface area contributed by atoms with E-state index in [1.807, 2.05) is 6.07 Å². The first-order valence-corrected chi connectivity index (χ1v) is 7.41. The maximum Gasteiger partial charge on any atom is 0.174 e. The van der Waals surface area contributed by atoms with E-state index in [-0.39, 0.29) is 0 Å². The van der Waals surface area contributed by atoms with Crippen molar-refractivity contribution in [3.63, 3.8) is 0 Å². The molecule has 0 aliphatic heterocycles. The summed E-state index contributed by atoms with van der Waals surface area (Å²) in [7, 11) is 3.30. The molecule has 1 unspecified atom stereocenters. The van der Waals surface area contributed by atoms with Crippen molar-refractivity contribution < 1.29 is 9.47 Å². The maximum atomic E-state index is 5.35. The monoisotopic (exact) mass is 329 g/mol. The third kappa shape index (κ3) is 5.03. The van der Waals surface area contributed by atoms with Gasteiger partial charge in [0.15, 0.2) is 11.5 Å². The Morgan fingerprint density at radius 2 is 1.84 bits per heavy atom. The highest BCUT2D eigenvalue weighted by atomic mass is 79.9. The van der Waals surface area contributed by atoms with E-state index < -0.39 is 0 Å². The largest absolute Gasteiger partial charge is 0.493 e. The van der Waals surface area contributed by atoms with Gasteiger partial charge in [-0.25, -0.2) is 0 Å². The van der Waals surface area contributed by atoms with Crippen LogP contribution in [0.15, 0.2) is 16.6 Å². The summed E-state index contributed by atoms with van der Waals surface area (Å²) in [5, 5.41) is 3.53. The van der Waals surface area contributed by atoms with Gasteiger partial charge in [0.1, 0.15) is 0 Å². The molecule has 0 radical (unpaired) electrons. The molecule has 19 heavy (non-hydrogen) atoms. The Labute approximate surface area is 124 Å². The summed E-state index contributed by atoms with van der Waals surface area (Å²) >= 11 is 3.51. The minimum Gasteiger partial charge on any atom is -0.493 e. The minimum atomic E-state index is 0.506. The number of rotatable bonds is 7. The molecular formula is C15H24BrNO2. The molecule has 0 aliphatic carbocycles. The van der Waals surface area contributed by atoms with Gasteiger partial charge < -0.3 is 14.8 Å². The summed E-state index contributed by atoms with van der Waals surface area (Å²) in [6.45, 7) is 7.53. The number of methoxy groups -OCH3 is 2. The third-order valence-electron chi connectivity index (χ3n) is 2.97. The molecule has 0 saturated heterocycles. The van der Waals surface area contributed by atoms with Gasteiger partial charge in [-0.2, -0.15) is 0 Å². The lowest BCUT2D eigenvalue weighted by atomic mass is 10.0. The highest BCUT2D eigenvalue weighted by Gasteiger charge is 2.11. The van der Waals surface area contributed by atoms with Crippen molar-refractivity contribution in [2.75, 3.05) is 14.2 Å². The number of halogens is 1. The normalized spacial score (nSPS) is 12.6. The molecule has 1 rings (SSSR count). The lowest BCUT2D eigenvalue weighted by Crippen LogP contribution is -2.26. The SMILES string of the molecule is COc1cc(CNC(C)CC(C)C)cc(Br)c1OC. The van der Waals surface area contributed by atoms with Crippen molar-refractivity contribution in [3.8, 4) is 11.5 Å². The average molecular weight is 330 g/mol. The number of benzene rings is 1. The van der Waals surface area contributed by atoms with Gasteiger partial charge in [0.25, 0.3) is 0 Å². The molecule has 1 N–H and O–H groups in total. The maximum absolute atomic E-state index is 5.35. The van der Waals surface area contributed by atoms with Crippen molar-refractivity contribution in [1.82, 2.24) is 5.32 Å². The van der Waals surface area contributed by atoms with Gasteiger partial charge in [0, 0.05) is 12.6 Å². The van der Waals surface area contributed by atoms with Crippen LogP contribution in [0.5, 0.6) is 11.5 Å². The second-order valence-electron chi connectivity index (χ2n) is 5.22. The first-order chi connectivity index (χ1) is 8.97. The van der Waals surface area contributed by atoms with E-state index >= 15 is 0 Å². The fourth-order valence-corrected chi connectivity index (χ4v) is 2.81. The second-order valence-corrected chi connectivity index (χ2v) is 6.08. The average Bonchev–Trinajstić information content (AvgIpc) is 2.34. The van der Waals surface area contributed by atoms with Crippen LogP contribution in [0.2, 0.25) is 0 Å². The molecule has 0 spiro atoms. The van der Waals surface area contributed by atoms with Gasteiger partial charge >= 0.3 is 0 Å². The minimum absolute atomic E-state index is 0.506. The first-order valence-electron chi connectivity index (χ1n) is 6.61. The molecule has 0 aromatic heterocycles. The van der Waals surface area contributed by atoms with Crippen LogP contribution in [0.25, 0.3) is 0 Å². The van der Waals surface area contributed by atoms with Crippen LogP contribution in [0, 0.1) is 5.92 Å². The van der Waals surface area contributed by atoms with Crippen molar-refractivity contribution >= 4 is 15.9 Å². The van der Waals surface area contributed by atoms with Gasteiger partial charge in [-0.15, -0.1) is 0 Å². The smallest absolute Gasteiger partial charge is 0.174 e. The zero-order valence-electron chi connectivity index (χ0n) is 12.4. The van der Waals surface area contributed by atoms with E-state index in [1.54, 1.807) is 14.2 Å². The van der Waals surface area contributed by atoms with Crippen molar-refractivity contribution in [3.05, 3.63) is 22.2 Å². The molecule has 0 amide bonds. The van der Waals surface area contributed by atoms with Crippen LogP contribution in [-0.2, 0) is 6.54 Å². The highest BCUT2D eigenvalue weighted by Crippen LogP contribution is 2.36. The van der Waals surface area contributed by atoms with Crippen LogP contribution in [0.1, 0.15) is 32.8 Å². The van der Waals surface area contributed by atoms with Crippen LogP contribution in [0.3, 0.4) is 0 Å². The predicted molar refractivity (Wildman–Crippen MR) is 83.0 cm³/mol. The fourth-order valence-electron chi connectivity index (χ4n) is 2.16. The zero-order chi connectivity index (χ0) is 14.4. The Bertz CT molecular complexity index is 407. The van der Waals surface area contributed by atoms with Gasteiger partial charge in [-0.05, 0) is 52.9 Å². The topological polar surface area (TPSA) is 30.5 Å². The Hall–Kier alpha value is -0.740. The Morgan fingerprint density at radius 1 is 1.16 bits per heavy atom. The summed E-state index contributed by atoms with van der Waals surface area (Å²) in [4.78, 5) is 0. The molecule has 0 aliphatic rings. The van der Waals surface area contributed by atoms with E-state index in [9.17, 15) is 0 Å². The van der Waals surface area contributed by atoms with Gasteiger partial charge in [0.05, 0.1) is 18.7 Å². The first kappa shape index (κ1) is 16.3. The third-order valence-corrected chi connectivity index (χ3v) is 3.56. The number of hydrogen-bond acceptors (Lipinski definition) is 3. The lowest BCUT2D eigenvalue weighted by Gasteiger charge is -2.17. The van der Waals surface area contributed by atoms with Crippen molar-refractivity contribution in [2.24, 2.45) is 5.92 Å². The van der Waals surface area contributed by atoms with Crippen molar-refractivity contribution in [2.45, 2.75) is 39.8 Å². The molecule has 3 nitrogen and oxygen atoms in total. The van der Waals surface area contributed by atoms with Crippen LogP contribution in [0.4, 0.5) is 0 Å². The highest BCUT2D eigenvalue weighted by molar-refractivity contribution is 9.10. The van der Waals surface area contributed by atoms with E-state index in [4.69, 9.17) is 9.47 Å². The molecule has 4 heteroatoms. The van der Waals surface area contributed by atoms with Gasteiger partial charge in [-0.1, -0.05) is 13.8 Å². The van der Waals surface area contributed by atoms with E-state index in [2.05, 4.69) is 48.1 Å². The fraction of sp³-hybridized carbons (Fsp3) is 0.600. The number of ether oxygens (including phenoxy) is 2. The molecule has 1 aromatic carbocycles. The summed E-state index contributed by atoms with van der Waals surface area (Å²) in [6, 6.07) is 4.58. The molecule has 1 atom stereocenters. The van der Waals surface area contributed by atoms with Crippen LogP contribution < -0.4 is 14.8 Å². The van der Waals surface area contributed by atoms with Crippen molar-refractivity contribution in [1.29, 1.82) is 0 Å². The molecule has 108 valence electrons. The molecule has 1 aromatic rings. The Balaban J connectivity index is 2.72. The number of nitrogens with one attached hydrogen (secondary N) is 1. The molecule has 0 saturated carbocycles. The Morgan fingerprint density at radius 3 is 2.37 bits per heavy atom. The number of hydrogen-bond donors (Lipinski definition) is 1. The lowest BCUT2D eigenvalue weighted by molar-refractivity contribution is 0.352. The van der Waals surface area contributed by atoms with Gasteiger partial charge in [0.2, 0.25) is 0 Å². The summed E-state index contributed by atoms with van der Waals surface area (Å²) in [5.41, 5.74) is 1.18. The molecule has 0 heterocycles. The molecule has 0 fully saturated rings. The standard InChI is InChI=1S/C15H24BrNO2/c1-10(2)6-11(3)17-9-12-7-13(16)15(19-5)14(8-12)18-4/h7-8,10-11,17H,6,9H2,1-5H3. The van der Waals surface area contributed by atoms with Crippen LogP contribution >= 0.6 is 15.9 Å². The summed E-state index contributed by atoms with van der Waals surface area (Å²) in [6.07, 6.45) is 1.18. The predicted octanol–water partition coefficient (Wildman–Crippen LogP) is 3.99. The molecular weight excluding hydrogens is 306 g/mol. The summed E-state index contributed by atoms with van der Waals surface area (Å²) < 4.78 is 11.6. The van der Waals surface area contributed by atoms with E-state index in [1.165, 1.54) is 12.0 Å². The van der Waals surface area contributed by atoms with E-state index in [0.29, 0.717) is 12.0 Å².